The number of Topliss-reactive ketones (excluding diaryl/α,β-unsaturated/α-hetero) is 1. The third-order valence-electron chi connectivity index (χ3n) is 4.78. The van der Waals surface area contributed by atoms with Crippen LogP contribution in [0.4, 0.5) is 0 Å². The molecule has 1 aliphatic rings. The average Bonchev–Trinajstić information content (AvgIpc) is 3.34. The highest BCUT2D eigenvalue weighted by Crippen LogP contribution is 2.40. The van der Waals surface area contributed by atoms with Gasteiger partial charge in [-0.05, 0) is 42.1 Å². The smallest absolute Gasteiger partial charge is 0.295 e. The number of aliphatic hydroxyl groups is 1. The molecular formula is C22H25NO5S. The number of rotatable bonds is 9. The molecule has 2 aromatic rings. The molecule has 1 unspecified atom stereocenters. The van der Waals surface area contributed by atoms with Crippen molar-refractivity contribution >= 4 is 28.8 Å². The van der Waals surface area contributed by atoms with Gasteiger partial charge in [-0.15, -0.1) is 11.3 Å². The third-order valence-corrected chi connectivity index (χ3v) is 5.71. The maximum absolute atomic E-state index is 12.8. The van der Waals surface area contributed by atoms with Crippen molar-refractivity contribution in [1.82, 2.24) is 4.90 Å². The molecule has 0 aliphatic carbocycles. The minimum atomic E-state index is -0.680. The van der Waals surface area contributed by atoms with Crippen LogP contribution in [0.25, 0.3) is 5.76 Å². The fraction of sp³-hybridized carbons (Fsp3) is 0.364. The Labute approximate surface area is 174 Å². The Morgan fingerprint density at radius 1 is 1.17 bits per heavy atom. The molecule has 2 heterocycles. The molecule has 29 heavy (non-hydrogen) atoms. The van der Waals surface area contributed by atoms with E-state index < -0.39 is 17.7 Å². The molecule has 6 nitrogen and oxygen atoms in total. The van der Waals surface area contributed by atoms with Gasteiger partial charge in [0.25, 0.3) is 11.7 Å². The summed E-state index contributed by atoms with van der Waals surface area (Å²) in [5.41, 5.74) is 0.576. The van der Waals surface area contributed by atoms with E-state index in [-0.39, 0.29) is 17.9 Å². The molecule has 1 aromatic heterocycles. The SMILES string of the molecule is CCCCOc1ccc(/C(O)=C2\C(=O)C(=O)N(CCOC)C2c2cccs2)cc1. The van der Waals surface area contributed by atoms with E-state index in [9.17, 15) is 14.7 Å². The van der Waals surface area contributed by atoms with Crippen molar-refractivity contribution in [1.29, 1.82) is 0 Å². The van der Waals surface area contributed by atoms with Crippen molar-refractivity contribution in [2.75, 3.05) is 26.9 Å². The zero-order valence-electron chi connectivity index (χ0n) is 16.6. The molecule has 0 spiro atoms. The number of benzene rings is 1. The Hall–Kier alpha value is -2.64. The molecule has 0 bridgehead atoms. The maximum Gasteiger partial charge on any atom is 0.295 e. The summed E-state index contributed by atoms with van der Waals surface area (Å²) >= 11 is 1.44. The van der Waals surface area contributed by atoms with Gasteiger partial charge in [-0.3, -0.25) is 9.59 Å². The van der Waals surface area contributed by atoms with Gasteiger partial charge >= 0.3 is 0 Å². The van der Waals surface area contributed by atoms with Gasteiger partial charge in [-0.1, -0.05) is 19.4 Å². The summed E-state index contributed by atoms with van der Waals surface area (Å²) in [5.74, 6) is -0.783. The van der Waals surface area contributed by atoms with Crippen LogP contribution in [-0.4, -0.2) is 48.6 Å². The summed E-state index contributed by atoms with van der Waals surface area (Å²) in [4.78, 5) is 27.7. The second-order valence-corrected chi connectivity index (χ2v) is 7.71. The minimum absolute atomic E-state index is 0.105. The quantitative estimate of drug-likeness (QED) is 0.290. The molecule has 1 fully saturated rings. The largest absolute Gasteiger partial charge is 0.507 e. The van der Waals surface area contributed by atoms with E-state index in [0.717, 1.165) is 17.7 Å². The van der Waals surface area contributed by atoms with Crippen LogP contribution in [0.1, 0.15) is 36.2 Å². The van der Waals surface area contributed by atoms with Crippen molar-refractivity contribution in [3.63, 3.8) is 0 Å². The number of carbonyl (C=O) groups excluding carboxylic acids is 2. The number of thiophene rings is 1. The van der Waals surface area contributed by atoms with Crippen LogP contribution in [0.3, 0.4) is 0 Å². The van der Waals surface area contributed by atoms with Gasteiger partial charge in [-0.25, -0.2) is 0 Å². The molecule has 3 rings (SSSR count). The van der Waals surface area contributed by atoms with Crippen LogP contribution in [0.5, 0.6) is 5.75 Å². The standard InChI is InChI=1S/C22H25NO5S/c1-3-4-12-28-16-9-7-15(8-10-16)20(24)18-19(17-6-5-14-29-17)23(11-13-27-2)22(26)21(18)25/h5-10,14,19,24H,3-4,11-13H2,1-2H3/b20-18+. The van der Waals surface area contributed by atoms with E-state index >= 15 is 0 Å². The van der Waals surface area contributed by atoms with Gasteiger partial charge in [0.1, 0.15) is 11.5 Å². The number of amides is 1. The predicted molar refractivity (Wildman–Crippen MR) is 112 cm³/mol. The van der Waals surface area contributed by atoms with E-state index in [0.29, 0.717) is 24.5 Å². The van der Waals surface area contributed by atoms with Crippen molar-refractivity contribution in [2.45, 2.75) is 25.8 Å². The van der Waals surface area contributed by atoms with Crippen molar-refractivity contribution in [2.24, 2.45) is 0 Å². The Bertz CT molecular complexity index is 873. The topological polar surface area (TPSA) is 76.1 Å². The van der Waals surface area contributed by atoms with Crippen LogP contribution >= 0.6 is 11.3 Å². The second kappa shape index (κ2) is 9.71. The highest BCUT2D eigenvalue weighted by molar-refractivity contribution is 7.10. The first kappa shape index (κ1) is 21.1. The first-order chi connectivity index (χ1) is 14.1. The molecular weight excluding hydrogens is 390 g/mol. The lowest BCUT2D eigenvalue weighted by Gasteiger charge is -2.23. The molecule has 1 aliphatic heterocycles. The van der Waals surface area contributed by atoms with Crippen molar-refractivity contribution in [3.05, 3.63) is 57.8 Å². The van der Waals surface area contributed by atoms with Crippen LogP contribution in [0.15, 0.2) is 47.4 Å². The van der Waals surface area contributed by atoms with E-state index in [4.69, 9.17) is 9.47 Å². The Balaban J connectivity index is 1.95. The van der Waals surface area contributed by atoms with E-state index in [1.165, 1.54) is 16.2 Å². The number of likely N-dealkylation sites (tertiary alicyclic amines) is 1. The molecule has 0 radical (unpaired) electrons. The van der Waals surface area contributed by atoms with Crippen LogP contribution in [0.2, 0.25) is 0 Å². The van der Waals surface area contributed by atoms with E-state index in [1.54, 1.807) is 31.4 Å². The highest BCUT2D eigenvalue weighted by Gasteiger charge is 2.46. The number of hydrogen-bond donors (Lipinski definition) is 1. The lowest BCUT2D eigenvalue weighted by molar-refractivity contribution is -0.140. The summed E-state index contributed by atoms with van der Waals surface area (Å²) in [6.07, 6.45) is 2.01. The fourth-order valence-corrected chi connectivity index (χ4v) is 4.09. The number of ether oxygens (including phenoxy) is 2. The third kappa shape index (κ3) is 4.52. The molecule has 1 N–H and O–H groups in total. The number of carbonyl (C=O) groups is 2. The van der Waals surface area contributed by atoms with Crippen molar-refractivity contribution < 1.29 is 24.2 Å². The fourth-order valence-electron chi connectivity index (χ4n) is 3.24. The summed E-state index contributed by atoms with van der Waals surface area (Å²) < 4.78 is 10.7. The Morgan fingerprint density at radius 2 is 1.93 bits per heavy atom. The zero-order valence-corrected chi connectivity index (χ0v) is 17.4. The maximum atomic E-state index is 12.8. The first-order valence-electron chi connectivity index (χ1n) is 9.62. The highest BCUT2D eigenvalue weighted by atomic mass is 32.1. The molecule has 1 amide bonds. The summed E-state index contributed by atoms with van der Waals surface area (Å²) in [5, 5.41) is 12.8. The van der Waals surface area contributed by atoms with Crippen LogP contribution in [0, 0.1) is 0 Å². The molecule has 1 atom stereocenters. The van der Waals surface area contributed by atoms with E-state index in [1.807, 2.05) is 17.5 Å². The molecule has 0 saturated carbocycles. The zero-order chi connectivity index (χ0) is 20.8. The predicted octanol–water partition coefficient (Wildman–Crippen LogP) is 4.00. The van der Waals surface area contributed by atoms with E-state index in [2.05, 4.69) is 6.92 Å². The second-order valence-electron chi connectivity index (χ2n) is 6.73. The first-order valence-corrected chi connectivity index (χ1v) is 10.5. The van der Waals surface area contributed by atoms with Crippen LogP contribution in [-0.2, 0) is 14.3 Å². The number of ketones is 1. The molecule has 1 saturated heterocycles. The Kier molecular flexibility index (Phi) is 7.06. The molecule has 7 heteroatoms. The van der Waals surface area contributed by atoms with Gasteiger partial charge in [-0.2, -0.15) is 0 Å². The number of aliphatic hydroxyl groups excluding tert-OH is 1. The lowest BCUT2D eigenvalue weighted by atomic mass is 10.00. The Morgan fingerprint density at radius 3 is 2.55 bits per heavy atom. The normalized spacial score (nSPS) is 18.4. The molecule has 1 aromatic carbocycles. The summed E-state index contributed by atoms with van der Waals surface area (Å²) in [7, 11) is 1.54. The summed E-state index contributed by atoms with van der Waals surface area (Å²) in [6.45, 7) is 3.30. The van der Waals surface area contributed by atoms with Gasteiger partial charge < -0.3 is 19.5 Å². The lowest BCUT2D eigenvalue weighted by Crippen LogP contribution is -2.32. The van der Waals surface area contributed by atoms with Gasteiger partial charge in [0.05, 0.1) is 24.8 Å². The van der Waals surface area contributed by atoms with Crippen molar-refractivity contribution in [3.8, 4) is 5.75 Å². The average molecular weight is 416 g/mol. The van der Waals surface area contributed by atoms with Crippen LogP contribution < -0.4 is 4.74 Å². The molecule has 154 valence electrons. The summed E-state index contributed by atoms with van der Waals surface area (Å²) in [6, 6.07) is 10.0. The number of unbranched alkanes of at least 4 members (excludes halogenated alkanes) is 1. The number of nitrogens with zero attached hydrogens (tertiary/aromatic N) is 1. The van der Waals surface area contributed by atoms with Gasteiger partial charge in [0.15, 0.2) is 0 Å². The van der Waals surface area contributed by atoms with Gasteiger partial charge in [0.2, 0.25) is 0 Å². The number of hydrogen-bond acceptors (Lipinski definition) is 6. The minimum Gasteiger partial charge on any atom is -0.507 e. The van der Waals surface area contributed by atoms with Gasteiger partial charge in [0, 0.05) is 24.1 Å². The number of methoxy groups -OCH3 is 1. The monoisotopic (exact) mass is 415 g/mol.